The molecule has 4 heteroatoms. The molecule has 0 aliphatic carbocycles. The molecule has 0 heterocycles. The van der Waals surface area contributed by atoms with Crippen molar-refractivity contribution in [2.75, 3.05) is 18.1 Å². The van der Waals surface area contributed by atoms with E-state index in [0.29, 0.717) is 13.0 Å². The van der Waals surface area contributed by atoms with Crippen molar-refractivity contribution in [1.29, 1.82) is 0 Å². The lowest BCUT2D eigenvalue weighted by molar-refractivity contribution is 0.406. The van der Waals surface area contributed by atoms with E-state index in [1.807, 2.05) is 30.3 Å². The molecule has 0 radical (unpaired) electrons. The van der Waals surface area contributed by atoms with Gasteiger partial charge in [-0.15, -0.1) is 0 Å². The summed E-state index contributed by atoms with van der Waals surface area (Å²) in [5, 5.41) is 0. The zero-order chi connectivity index (χ0) is 13.6. The molecule has 1 unspecified atom stereocenters. The number of sulfone groups is 1. The molecule has 1 aromatic rings. The van der Waals surface area contributed by atoms with Crippen molar-refractivity contribution in [3.8, 4) is 0 Å². The third-order valence-corrected chi connectivity index (χ3v) is 5.49. The molecule has 0 aliphatic heterocycles. The van der Waals surface area contributed by atoms with E-state index in [2.05, 4.69) is 6.92 Å². The third kappa shape index (κ3) is 3.56. The van der Waals surface area contributed by atoms with Gasteiger partial charge in [0.2, 0.25) is 0 Å². The molecule has 0 aromatic heterocycles. The van der Waals surface area contributed by atoms with Crippen LogP contribution in [0.3, 0.4) is 0 Å². The fourth-order valence-corrected chi connectivity index (χ4v) is 3.17. The zero-order valence-electron chi connectivity index (χ0n) is 11.2. The second-order valence-electron chi connectivity index (χ2n) is 4.69. The normalized spacial score (nSPS) is 15.3. The first-order valence-corrected chi connectivity index (χ1v) is 8.28. The minimum absolute atomic E-state index is 0.201. The van der Waals surface area contributed by atoms with Gasteiger partial charge in [0.1, 0.15) is 9.84 Å². The van der Waals surface area contributed by atoms with Crippen molar-refractivity contribution in [2.24, 2.45) is 5.73 Å². The van der Waals surface area contributed by atoms with Crippen molar-refractivity contribution in [2.45, 2.75) is 32.1 Å². The topological polar surface area (TPSA) is 60.2 Å². The average Bonchev–Trinajstić information content (AvgIpc) is 2.42. The van der Waals surface area contributed by atoms with Gasteiger partial charge in [0.25, 0.3) is 0 Å². The second kappa shape index (κ2) is 6.34. The summed E-state index contributed by atoms with van der Waals surface area (Å²) < 4.78 is 23.3. The molecule has 0 aliphatic rings. The van der Waals surface area contributed by atoms with Crippen LogP contribution in [0, 0.1) is 0 Å². The van der Waals surface area contributed by atoms with Crippen LogP contribution < -0.4 is 5.73 Å². The van der Waals surface area contributed by atoms with Gasteiger partial charge in [-0.1, -0.05) is 44.2 Å². The smallest absolute Gasteiger partial charge is 0.150 e. The highest BCUT2D eigenvalue weighted by atomic mass is 32.2. The summed E-state index contributed by atoms with van der Waals surface area (Å²) in [6.07, 6.45) is 1.45. The van der Waals surface area contributed by atoms with Crippen LogP contribution in [0.5, 0.6) is 0 Å². The Hall–Kier alpha value is -0.870. The van der Waals surface area contributed by atoms with Gasteiger partial charge in [-0.05, 0) is 18.4 Å². The number of rotatable bonds is 7. The molecule has 0 amide bonds. The van der Waals surface area contributed by atoms with Crippen LogP contribution in [-0.2, 0) is 15.3 Å². The Morgan fingerprint density at radius 1 is 1.17 bits per heavy atom. The quantitative estimate of drug-likeness (QED) is 0.825. The van der Waals surface area contributed by atoms with Crippen molar-refractivity contribution in [3.05, 3.63) is 35.9 Å². The Morgan fingerprint density at radius 2 is 1.78 bits per heavy atom. The van der Waals surface area contributed by atoms with Gasteiger partial charge < -0.3 is 5.73 Å². The maximum Gasteiger partial charge on any atom is 0.150 e. The summed E-state index contributed by atoms with van der Waals surface area (Å²) in [4.78, 5) is 0. The predicted octanol–water partition coefficient (Wildman–Crippen LogP) is 2.12. The van der Waals surface area contributed by atoms with E-state index in [9.17, 15) is 8.42 Å². The molecule has 3 nitrogen and oxygen atoms in total. The van der Waals surface area contributed by atoms with E-state index in [-0.39, 0.29) is 16.9 Å². The molecular formula is C14H23NO2S. The van der Waals surface area contributed by atoms with Crippen molar-refractivity contribution in [1.82, 2.24) is 0 Å². The Morgan fingerprint density at radius 3 is 2.22 bits per heavy atom. The second-order valence-corrected chi connectivity index (χ2v) is 7.16. The summed E-state index contributed by atoms with van der Waals surface area (Å²) in [5.41, 5.74) is 6.85. The van der Waals surface area contributed by atoms with Gasteiger partial charge >= 0.3 is 0 Å². The van der Waals surface area contributed by atoms with E-state index in [4.69, 9.17) is 5.73 Å². The van der Waals surface area contributed by atoms with E-state index in [0.717, 1.165) is 12.0 Å². The lowest BCUT2D eigenvalue weighted by atomic mass is 9.76. The largest absolute Gasteiger partial charge is 0.330 e. The first kappa shape index (κ1) is 15.2. The van der Waals surface area contributed by atoms with Crippen LogP contribution in [0.25, 0.3) is 0 Å². The maximum absolute atomic E-state index is 11.7. The summed E-state index contributed by atoms with van der Waals surface area (Å²) in [5.74, 6) is 0.412. The highest BCUT2D eigenvalue weighted by Crippen LogP contribution is 2.31. The van der Waals surface area contributed by atoms with Gasteiger partial charge in [0, 0.05) is 17.7 Å². The Labute approximate surface area is 110 Å². The molecule has 1 atom stereocenters. The molecule has 0 fully saturated rings. The van der Waals surface area contributed by atoms with Crippen molar-refractivity contribution < 1.29 is 8.42 Å². The monoisotopic (exact) mass is 269 g/mol. The summed E-state index contributed by atoms with van der Waals surface area (Å²) in [7, 11) is -2.94. The van der Waals surface area contributed by atoms with E-state index >= 15 is 0 Å². The SMILES string of the molecule is CCC(CN)(CCS(=O)(=O)CC)c1ccccc1. The van der Waals surface area contributed by atoms with Crippen LogP contribution in [0.4, 0.5) is 0 Å². The first-order valence-electron chi connectivity index (χ1n) is 6.45. The highest BCUT2D eigenvalue weighted by Gasteiger charge is 2.30. The molecular weight excluding hydrogens is 246 g/mol. The van der Waals surface area contributed by atoms with Crippen molar-refractivity contribution >= 4 is 9.84 Å². The van der Waals surface area contributed by atoms with Crippen LogP contribution in [-0.4, -0.2) is 26.5 Å². The molecule has 0 saturated carbocycles. The molecule has 1 aromatic carbocycles. The maximum atomic E-state index is 11.7. The number of hydrogen-bond donors (Lipinski definition) is 1. The molecule has 2 N–H and O–H groups in total. The number of nitrogens with two attached hydrogens (primary N) is 1. The van der Waals surface area contributed by atoms with E-state index in [1.54, 1.807) is 6.92 Å². The Kier molecular flexibility index (Phi) is 5.35. The molecule has 18 heavy (non-hydrogen) atoms. The summed E-state index contributed by atoms with van der Waals surface area (Å²) >= 11 is 0. The Balaban J connectivity index is 2.95. The first-order chi connectivity index (χ1) is 8.49. The lowest BCUT2D eigenvalue weighted by Gasteiger charge is -2.32. The van der Waals surface area contributed by atoms with Gasteiger partial charge in [-0.3, -0.25) is 0 Å². The minimum atomic E-state index is -2.94. The number of benzene rings is 1. The van der Waals surface area contributed by atoms with E-state index in [1.165, 1.54) is 0 Å². The minimum Gasteiger partial charge on any atom is -0.330 e. The summed E-state index contributed by atoms with van der Waals surface area (Å²) in [6.45, 7) is 4.24. The third-order valence-electron chi connectivity index (χ3n) is 3.79. The van der Waals surface area contributed by atoms with Crippen LogP contribution >= 0.6 is 0 Å². The van der Waals surface area contributed by atoms with Crippen LogP contribution in [0.15, 0.2) is 30.3 Å². The van der Waals surface area contributed by atoms with Gasteiger partial charge in [0.15, 0.2) is 0 Å². The predicted molar refractivity (Wildman–Crippen MR) is 76.4 cm³/mol. The molecule has 0 saturated heterocycles. The van der Waals surface area contributed by atoms with Gasteiger partial charge in [-0.25, -0.2) is 8.42 Å². The molecule has 0 spiro atoms. The standard InChI is InChI=1S/C14H23NO2S/c1-3-14(12-15,10-11-18(16,17)4-2)13-8-6-5-7-9-13/h5-9H,3-4,10-12,15H2,1-2H3. The zero-order valence-corrected chi connectivity index (χ0v) is 12.0. The molecule has 0 bridgehead atoms. The lowest BCUT2D eigenvalue weighted by Crippen LogP contribution is -2.36. The van der Waals surface area contributed by atoms with Crippen LogP contribution in [0.1, 0.15) is 32.3 Å². The highest BCUT2D eigenvalue weighted by molar-refractivity contribution is 7.91. The van der Waals surface area contributed by atoms with Crippen molar-refractivity contribution in [3.63, 3.8) is 0 Å². The number of hydrogen-bond acceptors (Lipinski definition) is 3. The van der Waals surface area contributed by atoms with Gasteiger partial charge in [0.05, 0.1) is 5.75 Å². The molecule has 102 valence electrons. The average molecular weight is 269 g/mol. The fraction of sp³-hybridized carbons (Fsp3) is 0.571. The summed E-state index contributed by atoms with van der Waals surface area (Å²) in [6, 6.07) is 9.99. The van der Waals surface area contributed by atoms with E-state index < -0.39 is 9.84 Å². The fourth-order valence-electron chi connectivity index (χ4n) is 2.18. The molecule has 1 rings (SSSR count). The van der Waals surface area contributed by atoms with Crippen LogP contribution in [0.2, 0.25) is 0 Å². The Bertz CT molecular complexity index is 450. The van der Waals surface area contributed by atoms with Gasteiger partial charge in [-0.2, -0.15) is 0 Å².